The molecule has 36 heavy (non-hydrogen) atoms. The Morgan fingerprint density at radius 3 is 2.50 bits per heavy atom. The van der Waals surface area contributed by atoms with Crippen molar-refractivity contribution in [3.63, 3.8) is 0 Å². The summed E-state index contributed by atoms with van der Waals surface area (Å²) >= 11 is 13.1. The lowest BCUT2D eigenvalue weighted by atomic mass is 10.1. The first-order valence-electron chi connectivity index (χ1n) is 10.6. The van der Waals surface area contributed by atoms with Crippen LogP contribution in [0.3, 0.4) is 0 Å². The van der Waals surface area contributed by atoms with Crippen molar-refractivity contribution in [2.24, 2.45) is 0 Å². The Kier molecular flexibility index (Phi) is 7.82. The summed E-state index contributed by atoms with van der Waals surface area (Å²) in [6.45, 7) is 1.98. The Bertz CT molecular complexity index is 1420. The quantitative estimate of drug-likeness (QED) is 0.250. The average Bonchev–Trinajstić information content (AvgIpc) is 2.83. The maximum Gasteiger partial charge on any atom is 0.335 e. The molecular weight excluding hydrogens is 616 g/mol. The third-order valence-electron chi connectivity index (χ3n) is 5.39. The standard InChI is InChI=1S/C26H19Br2ClN2O5/c1-14-9-17(27)7-8-21(14)31-25(33)18(24(32)30-26(31)34)10-15-11-19(28)23(22(12-15)35-2)36-13-16-5-3-4-6-20(16)29/h3-12H,13H2,1-2H3,(H,30,32,34)/b18-10-. The van der Waals surface area contributed by atoms with Crippen molar-refractivity contribution in [3.8, 4) is 11.5 Å². The highest BCUT2D eigenvalue weighted by atomic mass is 79.9. The van der Waals surface area contributed by atoms with Gasteiger partial charge >= 0.3 is 6.03 Å². The van der Waals surface area contributed by atoms with Crippen LogP contribution in [0.4, 0.5) is 10.5 Å². The number of anilines is 1. The summed E-state index contributed by atoms with van der Waals surface area (Å²) in [6.07, 6.45) is 1.40. The summed E-state index contributed by atoms with van der Waals surface area (Å²) in [4.78, 5) is 39.4. The minimum absolute atomic E-state index is 0.199. The molecule has 1 aliphatic heterocycles. The minimum Gasteiger partial charge on any atom is -0.493 e. The second kappa shape index (κ2) is 10.9. The summed E-state index contributed by atoms with van der Waals surface area (Å²) in [5.41, 5.74) is 2.16. The number of ether oxygens (including phenoxy) is 2. The van der Waals surface area contributed by atoms with E-state index in [0.29, 0.717) is 37.8 Å². The van der Waals surface area contributed by atoms with Crippen molar-refractivity contribution >= 4 is 73.1 Å². The first-order valence-corrected chi connectivity index (χ1v) is 12.6. The molecular formula is C26H19Br2ClN2O5. The first-order chi connectivity index (χ1) is 17.2. The van der Waals surface area contributed by atoms with Gasteiger partial charge < -0.3 is 9.47 Å². The second-order valence-corrected chi connectivity index (χ2v) is 9.98. The first kappa shape index (κ1) is 25.9. The second-order valence-electron chi connectivity index (χ2n) is 7.80. The SMILES string of the molecule is COc1cc(/C=C2/C(=O)NC(=O)N(c3ccc(Br)cc3C)C2=O)cc(Br)c1OCc1ccccc1Cl. The van der Waals surface area contributed by atoms with Crippen molar-refractivity contribution in [3.05, 3.63) is 90.8 Å². The molecule has 0 bridgehead atoms. The lowest BCUT2D eigenvalue weighted by Crippen LogP contribution is -2.54. The summed E-state index contributed by atoms with van der Waals surface area (Å²) in [7, 11) is 1.48. The zero-order chi connectivity index (χ0) is 26.0. The van der Waals surface area contributed by atoms with Crippen molar-refractivity contribution in [2.45, 2.75) is 13.5 Å². The van der Waals surface area contributed by atoms with Gasteiger partial charge in [-0.2, -0.15) is 0 Å². The van der Waals surface area contributed by atoms with Crippen LogP contribution in [0.2, 0.25) is 5.02 Å². The van der Waals surface area contributed by atoms with E-state index in [1.165, 1.54) is 13.2 Å². The van der Waals surface area contributed by atoms with Gasteiger partial charge in [0.05, 0.1) is 17.3 Å². The third kappa shape index (κ3) is 5.33. The molecule has 10 heteroatoms. The number of benzene rings is 3. The number of hydrogen-bond acceptors (Lipinski definition) is 5. The van der Waals surface area contributed by atoms with Gasteiger partial charge in [0.25, 0.3) is 11.8 Å². The van der Waals surface area contributed by atoms with E-state index in [1.807, 2.05) is 18.2 Å². The lowest BCUT2D eigenvalue weighted by Gasteiger charge is -2.27. The van der Waals surface area contributed by atoms with E-state index in [0.717, 1.165) is 14.9 Å². The highest BCUT2D eigenvalue weighted by Crippen LogP contribution is 2.38. The molecule has 0 aliphatic carbocycles. The largest absolute Gasteiger partial charge is 0.493 e. The molecule has 1 aliphatic rings. The molecule has 1 saturated heterocycles. The number of aryl methyl sites for hydroxylation is 1. The van der Waals surface area contributed by atoms with Crippen LogP contribution >= 0.6 is 43.5 Å². The molecule has 1 fully saturated rings. The number of methoxy groups -OCH3 is 1. The number of barbiturate groups is 1. The van der Waals surface area contributed by atoms with E-state index in [2.05, 4.69) is 37.2 Å². The van der Waals surface area contributed by atoms with Gasteiger partial charge in [0.2, 0.25) is 0 Å². The summed E-state index contributed by atoms with van der Waals surface area (Å²) in [5, 5.41) is 2.82. The lowest BCUT2D eigenvalue weighted by molar-refractivity contribution is -0.122. The topological polar surface area (TPSA) is 84.9 Å². The predicted molar refractivity (Wildman–Crippen MR) is 144 cm³/mol. The number of hydrogen-bond donors (Lipinski definition) is 1. The maximum atomic E-state index is 13.3. The van der Waals surface area contributed by atoms with Crippen molar-refractivity contribution in [1.29, 1.82) is 0 Å². The number of amides is 4. The summed E-state index contributed by atoms with van der Waals surface area (Å²) in [5.74, 6) is -0.710. The summed E-state index contributed by atoms with van der Waals surface area (Å²) in [6, 6.07) is 15.0. The molecule has 0 saturated carbocycles. The Balaban J connectivity index is 1.66. The molecule has 1 heterocycles. The van der Waals surface area contributed by atoms with E-state index >= 15 is 0 Å². The van der Waals surface area contributed by atoms with Crippen molar-refractivity contribution in [2.75, 3.05) is 12.0 Å². The minimum atomic E-state index is -0.811. The highest BCUT2D eigenvalue weighted by Gasteiger charge is 2.37. The Morgan fingerprint density at radius 2 is 1.81 bits per heavy atom. The Labute approximate surface area is 229 Å². The van der Waals surface area contributed by atoms with Gasteiger partial charge in [-0.15, -0.1) is 0 Å². The fraction of sp³-hybridized carbons (Fsp3) is 0.115. The van der Waals surface area contributed by atoms with Gasteiger partial charge in [0.15, 0.2) is 11.5 Å². The normalized spacial score (nSPS) is 14.8. The van der Waals surface area contributed by atoms with Gasteiger partial charge in [0, 0.05) is 15.1 Å². The Morgan fingerprint density at radius 1 is 1.06 bits per heavy atom. The molecule has 184 valence electrons. The van der Waals surface area contributed by atoms with Crippen LogP contribution in [-0.2, 0) is 16.2 Å². The molecule has 4 rings (SSSR count). The van der Waals surface area contributed by atoms with E-state index in [9.17, 15) is 14.4 Å². The van der Waals surface area contributed by atoms with Crippen LogP contribution in [0.1, 0.15) is 16.7 Å². The summed E-state index contributed by atoms with van der Waals surface area (Å²) < 4.78 is 12.8. The number of carbonyl (C=O) groups is 3. The predicted octanol–water partition coefficient (Wildman–Crippen LogP) is 6.43. The van der Waals surface area contributed by atoms with E-state index < -0.39 is 17.8 Å². The van der Waals surface area contributed by atoms with Crippen LogP contribution in [0, 0.1) is 6.92 Å². The van der Waals surface area contributed by atoms with Gasteiger partial charge in [0.1, 0.15) is 12.2 Å². The van der Waals surface area contributed by atoms with Gasteiger partial charge in [-0.3, -0.25) is 14.9 Å². The van der Waals surface area contributed by atoms with Crippen LogP contribution in [-0.4, -0.2) is 25.0 Å². The number of nitrogens with one attached hydrogen (secondary N) is 1. The molecule has 3 aromatic carbocycles. The molecule has 0 aromatic heterocycles. The van der Waals surface area contributed by atoms with Crippen LogP contribution in [0.15, 0.2) is 69.1 Å². The zero-order valence-corrected chi connectivity index (χ0v) is 23.0. The van der Waals surface area contributed by atoms with Crippen LogP contribution in [0.25, 0.3) is 6.08 Å². The van der Waals surface area contributed by atoms with Gasteiger partial charge in [-0.25, -0.2) is 9.69 Å². The number of rotatable bonds is 6. The average molecular weight is 635 g/mol. The monoisotopic (exact) mass is 632 g/mol. The van der Waals surface area contributed by atoms with Crippen molar-refractivity contribution < 1.29 is 23.9 Å². The molecule has 7 nitrogen and oxygen atoms in total. The fourth-order valence-corrected chi connectivity index (χ4v) is 4.88. The number of imide groups is 2. The molecule has 1 N–H and O–H groups in total. The molecule has 0 unspecified atom stereocenters. The Hall–Kier alpha value is -3.14. The smallest absolute Gasteiger partial charge is 0.335 e. The highest BCUT2D eigenvalue weighted by molar-refractivity contribution is 9.10. The molecule has 4 amide bonds. The van der Waals surface area contributed by atoms with E-state index in [-0.39, 0.29) is 12.2 Å². The molecule has 0 radical (unpaired) electrons. The number of carbonyl (C=O) groups excluding carboxylic acids is 3. The molecule has 0 spiro atoms. The van der Waals surface area contributed by atoms with Gasteiger partial charge in [-0.1, -0.05) is 45.7 Å². The zero-order valence-electron chi connectivity index (χ0n) is 19.1. The maximum absolute atomic E-state index is 13.3. The third-order valence-corrected chi connectivity index (χ3v) is 6.85. The van der Waals surface area contributed by atoms with E-state index in [1.54, 1.807) is 43.3 Å². The number of urea groups is 1. The van der Waals surface area contributed by atoms with E-state index in [4.69, 9.17) is 21.1 Å². The van der Waals surface area contributed by atoms with Crippen LogP contribution in [0.5, 0.6) is 11.5 Å². The number of halogens is 3. The fourth-order valence-electron chi connectivity index (χ4n) is 3.64. The molecule has 3 aromatic rings. The molecule has 0 atom stereocenters. The van der Waals surface area contributed by atoms with Crippen molar-refractivity contribution in [1.82, 2.24) is 5.32 Å². The van der Waals surface area contributed by atoms with Crippen LogP contribution < -0.4 is 19.7 Å². The van der Waals surface area contributed by atoms with Gasteiger partial charge in [-0.05, 0) is 76.5 Å². The number of nitrogens with zero attached hydrogens (tertiary/aromatic N) is 1.